The average Bonchev–Trinajstić information content (AvgIpc) is 3.64. The van der Waals surface area contributed by atoms with Crippen LogP contribution in [0.3, 0.4) is 0 Å². The Labute approximate surface area is 348 Å². The monoisotopic (exact) mass is 762 g/mol. The van der Waals surface area contributed by atoms with E-state index in [-0.39, 0.29) is 0 Å². The molecule has 0 atom stereocenters. The first kappa shape index (κ1) is 34.1. The third-order valence-electron chi connectivity index (χ3n) is 12.3. The molecule has 2 heteroatoms. The quantitative estimate of drug-likeness (QED) is 0.153. The third kappa shape index (κ3) is 5.57. The number of hydrogen-bond acceptors (Lipinski definition) is 1. The van der Waals surface area contributed by atoms with Crippen LogP contribution in [0.15, 0.2) is 231 Å². The van der Waals surface area contributed by atoms with Gasteiger partial charge in [-0.15, -0.1) is 0 Å². The van der Waals surface area contributed by atoms with Gasteiger partial charge in [0.15, 0.2) is 0 Å². The van der Waals surface area contributed by atoms with Crippen molar-refractivity contribution in [2.45, 2.75) is 0 Å². The molecule has 0 N–H and O–H groups in total. The van der Waals surface area contributed by atoms with Gasteiger partial charge in [-0.1, -0.05) is 164 Å². The van der Waals surface area contributed by atoms with Gasteiger partial charge < -0.3 is 9.47 Å². The second-order valence-electron chi connectivity index (χ2n) is 15.7. The van der Waals surface area contributed by atoms with Gasteiger partial charge in [-0.2, -0.15) is 0 Å². The summed E-state index contributed by atoms with van der Waals surface area (Å²) in [5, 5.41) is 12.6. The molecule has 12 aromatic rings. The number of nitrogens with zero attached hydrogens (tertiary/aromatic N) is 2. The normalized spacial score (nSPS) is 11.7. The van der Waals surface area contributed by atoms with Gasteiger partial charge in [-0.3, -0.25) is 0 Å². The number of fused-ring (bicyclic) bond motifs is 10. The zero-order valence-corrected chi connectivity index (χ0v) is 32.8. The Balaban J connectivity index is 0.983. The van der Waals surface area contributed by atoms with Crippen LogP contribution in [0.5, 0.6) is 0 Å². The highest BCUT2D eigenvalue weighted by atomic mass is 15.1. The van der Waals surface area contributed by atoms with E-state index in [0.29, 0.717) is 0 Å². The Bertz CT molecular complexity index is 3550. The molecule has 11 aromatic carbocycles. The maximum atomic E-state index is 2.42. The molecule has 0 aliphatic heterocycles. The maximum Gasteiger partial charge on any atom is 0.0547 e. The number of para-hydroxylation sites is 1. The van der Waals surface area contributed by atoms with E-state index in [1.54, 1.807) is 0 Å². The van der Waals surface area contributed by atoms with Gasteiger partial charge in [-0.25, -0.2) is 0 Å². The van der Waals surface area contributed by atoms with Crippen molar-refractivity contribution in [3.05, 3.63) is 231 Å². The van der Waals surface area contributed by atoms with E-state index >= 15 is 0 Å². The SMILES string of the molecule is c1ccc(-c2ccc(N(c3ccc(-c4cccc(-n5c6ccccc6c6cc7ccccc7cc65)c4)cc3)c3ccc4c5ccccc5c5ccccc5c4c3)cc2)cc1. The topological polar surface area (TPSA) is 8.17 Å². The highest BCUT2D eigenvalue weighted by Crippen LogP contribution is 2.42. The van der Waals surface area contributed by atoms with Gasteiger partial charge in [-0.05, 0) is 132 Å². The van der Waals surface area contributed by atoms with Gasteiger partial charge in [0, 0.05) is 33.5 Å². The summed E-state index contributed by atoms with van der Waals surface area (Å²) in [5.74, 6) is 0. The minimum atomic E-state index is 1.10. The lowest BCUT2D eigenvalue weighted by Crippen LogP contribution is -2.10. The fourth-order valence-electron chi connectivity index (χ4n) is 9.48. The van der Waals surface area contributed by atoms with Crippen molar-refractivity contribution < 1.29 is 0 Å². The molecule has 0 saturated heterocycles. The summed E-state index contributed by atoms with van der Waals surface area (Å²) in [6.45, 7) is 0. The fraction of sp³-hybridized carbons (Fsp3) is 0. The van der Waals surface area contributed by atoms with Crippen molar-refractivity contribution in [3.8, 4) is 27.9 Å². The number of benzene rings is 11. The molecule has 0 fully saturated rings. The smallest absolute Gasteiger partial charge is 0.0547 e. The van der Waals surface area contributed by atoms with E-state index in [2.05, 4.69) is 240 Å². The van der Waals surface area contributed by atoms with Crippen LogP contribution in [0.25, 0.3) is 92.8 Å². The molecule has 0 spiro atoms. The predicted molar refractivity (Wildman–Crippen MR) is 256 cm³/mol. The third-order valence-corrected chi connectivity index (χ3v) is 12.3. The summed E-state index contributed by atoms with van der Waals surface area (Å²) >= 11 is 0. The van der Waals surface area contributed by atoms with Gasteiger partial charge in [0.05, 0.1) is 11.0 Å². The molecule has 0 bridgehead atoms. The molecule has 1 aromatic heterocycles. The van der Waals surface area contributed by atoms with Gasteiger partial charge >= 0.3 is 0 Å². The fourth-order valence-corrected chi connectivity index (χ4v) is 9.48. The molecule has 0 saturated carbocycles. The van der Waals surface area contributed by atoms with Crippen LogP contribution in [0.2, 0.25) is 0 Å². The second-order valence-corrected chi connectivity index (χ2v) is 15.7. The van der Waals surface area contributed by atoms with Crippen LogP contribution in [0.1, 0.15) is 0 Å². The van der Waals surface area contributed by atoms with E-state index in [1.165, 1.54) is 87.1 Å². The Kier molecular flexibility index (Phi) is 7.89. The lowest BCUT2D eigenvalue weighted by molar-refractivity contribution is 1.18. The van der Waals surface area contributed by atoms with Crippen LogP contribution >= 0.6 is 0 Å². The lowest BCUT2D eigenvalue weighted by Gasteiger charge is -2.27. The van der Waals surface area contributed by atoms with Crippen molar-refractivity contribution in [1.29, 1.82) is 0 Å². The first-order valence-corrected chi connectivity index (χ1v) is 20.7. The van der Waals surface area contributed by atoms with Gasteiger partial charge in [0.2, 0.25) is 0 Å². The molecular formula is C58H38N2. The van der Waals surface area contributed by atoms with Crippen LogP contribution in [-0.2, 0) is 0 Å². The molecule has 0 unspecified atom stereocenters. The highest BCUT2D eigenvalue weighted by molar-refractivity contribution is 6.26. The zero-order chi connectivity index (χ0) is 39.6. The van der Waals surface area contributed by atoms with Crippen LogP contribution < -0.4 is 4.90 Å². The number of aromatic nitrogens is 1. The lowest BCUT2D eigenvalue weighted by atomic mass is 9.94. The standard InChI is InChI=1S/C58H38N2/c1-2-13-39(14-3-1)40-25-29-45(30-26-40)59(48-33-34-53-51-21-7-6-19-49(51)50-20-8-9-22-52(50)55(53)38-48)46-31-27-41(28-32-46)42-17-12-18-47(35-42)60-57-24-11-10-23-54(57)56-36-43-15-4-5-16-44(43)37-58(56)60/h1-38H. The van der Waals surface area contributed by atoms with Crippen molar-refractivity contribution in [2.75, 3.05) is 4.90 Å². The highest BCUT2D eigenvalue weighted by Gasteiger charge is 2.18. The molecule has 0 aliphatic carbocycles. The molecular weight excluding hydrogens is 725 g/mol. The Morgan fingerprint density at radius 1 is 0.250 bits per heavy atom. The summed E-state index contributed by atoms with van der Waals surface area (Å²) in [6, 6.07) is 84.2. The second kappa shape index (κ2) is 13.9. The van der Waals surface area contributed by atoms with Crippen molar-refractivity contribution >= 4 is 82.0 Å². The Morgan fingerprint density at radius 3 is 1.40 bits per heavy atom. The van der Waals surface area contributed by atoms with E-state index in [9.17, 15) is 0 Å². The van der Waals surface area contributed by atoms with Crippen molar-refractivity contribution in [2.24, 2.45) is 0 Å². The minimum Gasteiger partial charge on any atom is -0.310 e. The summed E-state index contributed by atoms with van der Waals surface area (Å²) in [6.07, 6.45) is 0. The van der Waals surface area contributed by atoms with E-state index in [0.717, 1.165) is 22.7 Å². The molecule has 280 valence electrons. The number of rotatable bonds is 6. The van der Waals surface area contributed by atoms with Crippen molar-refractivity contribution in [3.63, 3.8) is 0 Å². The molecule has 12 rings (SSSR count). The van der Waals surface area contributed by atoms with E-state index in [4.69, 9.17) is 0 Å². The zero-order valence-electron chi connectivity index (χ0n) is 32.8. The first-order chi connectivity index (χ1) is 29.7. The molecule has 0 radical (unpaired) electrons. The molecule has 1 heterocycles. The molecule has 0 amide bonds. The summed E-state index contributed by atoms with van der Waals surface area (Å²) in [4.78, 5) is 2.39. The number of hydrogen-bond donors (Lipinski definition) is 0. The van der Waals surface area contributed by atoms with Crippen LogP contribution in [0.4, 0.5) is 17.1 Å². The summed E-state index contributed by atoms with van der Waals surface area (Å²) in [5.41, 5.74) is 11.6. The summed E-state index contributed by atoms with van der Waals surface area (Å²) in [7, 11) is 0. The Hall–Kier alpha value is -7.94. The minimum absolute atomic E-state index is 1.10. The molecule has 60 heavy (non-hydrogen) atoms. The summed E-state index contributed by atoms with van der Waals surface area (Å²) < 4.78 is 2.42. The van der Waals surface area contributed by atoms with E-state index in [1.807, 2.05) is 0 Å². The maximum absolute atomic E-state index is 2.42. The molecule has 0 aliphatic rings. The van der Waals surface area contributed by atoms with Crippen LogP contribution in [-0.4, -0.2) is 4.57 Å². The predicted octanol–water partition coefficient (Wildman–Crippen LogP) is 16.2. The number of anilines is 3. The average molecular weight is 763 g/mol. The van der Waals surface area contributed by atoms with Crippen LogP contribution in [0, 0.1) is 0 Å². The van der Waals surface area contributed by atoms with Crippen molar-refractivity contribution in [1.82, 2.24) is 4.57 Å². The van der Waals surface area contributed by atoms with Gasteiger partial charge in [0.1, 0.15) is 0 Å². The van der Waals surface area contributed by atoms with E-state index < -0.39 is 0 Å². The Morgan fingerprint density at radius 2 is 0.733 bits per heavy atom. The molecule has 2 nitrogen and oxygen atoms in total. The first-order valence-electron chi connectivity index (χ1n) is 20.7. The largest absolute Gasteiger partial charge is 0.310 e. The van der Waals surface area contributed by atoms with Gasteiger partial charge in [0.25, 0.3) is 0 Å².